The van der Waals surface area contributed by atoms with Crippen LogP contribution in [0.5, 0.6) is 0 Å². The summed E-state index contributed by atoms with van der Waals surface area (Å²) in [6, 6.07) is 0. The van der Waals surface area contributed by atoms with Gasteiger partial charge in [0, 0.05) is 13.0 Å². The van der Waals surface area contributed by atoms with Crippen molar-refractivity contribution < 1.29 is 9.84 Å². The monoisotopic (exact) mass is 198 g/mol. The van der Waals surface area contributed by atoms with Crippen LogP contribution in [0.1, 0.15) is 51.9 Å². The molecular formula is C12H22O2. The predicted octanol–water partition coefficient (Wildman–Crippen LogP) is 2.50. The third-order valence-electron chi connectivity index (χ3n) is 3.70. The summed E-state index contributed by atoms with van der Waals surface area (Å²) < 4.78 is 5.58. The molecule has 2 aliphatic rings. The fourth-order valence-corrected chi connectivity index (χ4v) is 2.37. The van der Waals surface area contributed by atoms with Gasteiger partial charge in [0.2, 0.25) is 0 Å². The van der Waals surface area contributed by atoms with Crippen LogP contribution < -0.4 is 0 Å². The van der Waals surface area contributed by atoms with Crippen molar-refractivity contribution >= 4 is 0 Å². The minimum atomic E-state index is -0.401. The Kier molecular flexibility index (Phi) is 3.13. The highest BCUT2D eigenvalue weighted by Gasteiger charge is 2.35. The molecule has 0 bridgehead atoms. The summed E-state index contributed by atoms with van der Waals surface area (Å²) in [5, 5.41) is 10.4. The molecule has 1 aliphatic carbocycles. The number of aliphatic hydroxyl groups is 1. The molecule has 0 amide bonds. The van der Waals surface area contributed by atoms with Gasteiger partial charge in [-0.3, -0.25) is 0 Å². The van der Waals surface area contributed by atoms with Crippen molar-refractivity contribution in [1.29, 1.82) is 0 Å². The number of hydrogen-bond donors (Lipinski definition) is 1. The molecule has 0 aromatic carbocycles. The van der Waals surface area contributed by atoms with Gasteiger partial charge < -0.3 is 9.84 Å². The van der Waals surface area contributed by atoms with E-state index in [0.717, 1.165) is 38.2 Å². The van der Waals surface area contributed by atoms with Crippen molar-refractivity contribution in [3.8, 4) is 0 Å². The Hall–Kier alpha value is -0.0800. The van der Waals surface area contributed by atoms with Gasteiger partial charge in [-0.05, 0) is 31.6 Å². The topological polar surface area (TPSA) is 29.5 Å². The minimum absolute atomic E-state index is 0.299. The highest BCUT2D eigenvalue weighted by atomic mass is 16.5. The Morgan fingerprint density at radius 3 is 2.86 bits per heavy atom. The summed E-state index contributed by atoms with van der Waals surface area (Å²) in [5.74, 6) is 0.932. The third kappa shape index (κ3) is 2.71. The number of rotatable bonds is 4. The molecule has 2 atom stereocenters. The minimum Gasteiger partial charge on any atom is -0.390 e. The van der Waals surface area contributed by atoms with E-state index in [9.17, 15) is 5.11 Å². The van der Waals surface area contributed by atoms with Crippen LogP contribution in [0.4, 0.5) is 0 Å². The first-order valence-corrected chi connectivity index (χ1v) is 6.06. The van der Waals surface area contributed by atoms with Gasteiger partial charge in [0.15, 0.2) is 0 Å². The highest BCUT2D eigenvalue weighted by Crippen LogP contribution is 2.38. The van der Waals surface area contributed by atoms with Crippen LogP contribution in [0.3, 0.4) is 0 Å². The Morgan fingerprint density at radius 2 is 2.21 bits per heavy atom. The van der Waals surface area contributed by atoms with Crippen molar-refractivity contribution in [3.05, 3.63) is 0 Å². The second-order valence-corrected chi connectivity index (χ2v) is 5.06. The van der Waals surface area contributed by atoms with E-state index in [4.69, 9.17) is 4.74 Å². The van der Waals surface area contributed by atoms with E-state index in [2.05, 4.69) is 6.92 Å². The largest absolute Gasteiger partial charge is 0.390 e. The molecule has 2 heteroatoms. The molecule has 1 N–H and O–H groups in total. The van der Waals surface area contributed by atoms with E-state index in [1.165, 1.54) is 19.3 Å². The average Bonchev–Trinajstić information content (AvgIpc) is 2.98. The fraction of sp³-hybridized carbons (Fsp3) is 1.00. The fourth-order valence-electron chi connectivity index (χ4n) is 2.37. The van der Waals surface area contributed by atoms with Crippen LogP contribution in [0.15, 0.2) is 0 Å². The lowest BCUT2D eigenvalue weighted by molar-refractivity contribution is -0.108. The van der Waals surface area contributed by atoms with Gasteiger partial charge in [0.1, 0.15) is 0 Å². The molecule has 14 heavy (non-hydrogen) atoms. The van der Waals surface area contributed by atoms with Gasteiger partial charge in [-0.25, -0.2) is 0 Å². The van der Waals surface area contributed by atoms with Crippen molar-refractivity contribution in [1.82, 2.24) is 0 Å². The van der Waals surface area contributed by atoms with Crippen molar-refractivity contribution in [2.75, 3.05) is 6.61 Å². The summed E-state index contributed by atoms with van der Waals surface area (Å²) in [5.41, 5.74) is -0.401. The molecule has 82 valence electrons. The summed E-state index contributed by atoms with van der Waals surface area (Å²) in [7, 11) is 0. The second kappa shape index (κ2) is 4.19. The van der Waals surface area contributed by atoms with Crippen LogP contribution in [0.25, 0.3) is 0 Å². The SMILES string of the molecule is CCC1CC(O)(CCC2CC2)CCO1. The zero-order valence-electron chi connectivity index (χ0n) is 9.17. The smallest absolute Gasteiger partial charge is 0.0694 e. The Bertz CT molecular complexity index is 189. The van der Waals surface area contributed by atoms with E-state index in [-0.39, 0.29) is 0 Å². The lowest BCUT2D eigenvalue weighted by Crippen LogP contribution is -2.40. The van der Waals surface area contributed by atoms with Gasteiger partial charge in [-0.15, -0.1) is 0 Å². The average molecular weight is 198 g/mol. The van der Waals surface area contributed by atoms with E-state index >= 15 is 0 Å². The Morgan fingerprint density at radius 1 is 1.43 bits per heavy atom. The molecule has 1 saturated carbocycles. The third-order valence-corrected chi connectivity index (χ3v) is 3.70. The van der Waals surface area contributed by atoms with E-state index in [1.54, 1.807) is 0 Å². The van der Waals surface area contributed by atoms with E-state index < -0.39 is 5.60 Å². The molecule has 1 saturated heterocycles. The Balaban J connectivity index is 1.79. The van der Waals surface area contributed by atoms with E-state index in [0.29, 0.717) is 6.10 Å². The molecule has 0 aromatic rings. The predicted molar refractivity (Wildman–Crippen MR) is 56.2 cm³/mol. The van der Waals surface area contributed by atoms with Gasteiger partial charge in [-0.2, -0.15) is 0 Å². The summed E-state index contributed by atoms with van der Waals surface area (Å²) in [6.07, 6.45) is 8.05. The summed E-state index contributed by atoms with van der Waals surface area (Å²) in [6.45, 7) is 2.89. The molecule has 0 radical (unpaired) electrons. The van der Waals surface area contributed by atoms with Gasteiger partial charge in [-0.1, -0.05) is 19.8 Å². The molecule has 2 unspecified atom stereocenters. The molecule has 1 aliphatic heterocycles. The first kappa shape index (κ1) is 10.4. The van der Waals surface area contributed by atoms with Gasteiger partial charge in [0.05, 0.1) is 11.7 Å². The highest BCUT2D eigenvalue weighted by molar-refractivity contribution is 4.87. The lowest BCUT2D eigenvalue weighted by atomic mass is 9.85. The zero-order chi connectivity index (χ0) is 10.0. The normalized spacial score (nSPS) is 38.6. The van der Waals surface area contributed by atoms with Crippen LogP contribution in [-0.4, -0.2) is 23.4 Å². The van der Waals surface area contributed by atoms with Crippen LogP contribution in [0, 0.1) is 5.92 Å². The van der Waals surface area contributed by atoms with Crippen molar-refractivity contribution in [3.63, 3.8) is 0 Å². The maximum atomic E-state index is 10.4. The first-order valence-electron chi connectivity index (χ1n) is 6.06. The van der Waals surface area contributed by atoms with Crippen molar-refractivity contribution in [2.45, 2.75) is 63.6 Å². The summed E-state index contributed by atoms with van der Waals surface area (Å²) >= 11 is 0. The second-order valence-electron chi connectivity index (χ2n) is 5.06. The molecule has 2 rings (SSSR count). The quantitative estimate of drug-likeness (QED) is 0.752. The zero-order valence-corrected chi connectivity index (χ0v) is 9.17. The maximum Gasteiger partial charge on any atom is 0.0694 e. The first-order chi connectivity index (χ1) is 6.72. The number of hydrogen-bond acceptors (Lipinski definition) is 2. The van der Waals surface area contributed by atoms with Crippen LogP contribution >= 0.6 is 0 Å². The molecule has 0 aromatic heterocycles. The molecule has 1 heterocycles. The van der Waals surface area contributed by atoms with Gasteiger partial charge >= 0.3 is 0 Å². The standard InChI is InChI=1S/C12H22O2/c1-2-11-9-12(13,7-8-14-11)6-5-10-3-4-10/h10-11,13H,2-9H2,1H3. The van der Waals surface area contributed by atoms with Gasteiger partial charge in [0.25, 0.3) is 0 Å². The van der Waals surface area contributed by atoms with Crippen molar-refractivity contribution in [2.24, 2.45) is 5.92 Å². The molecule has 2 nitrogen and oxygen atoms in total. The van der Waals surface area contributed by atoms with Crippen LogP contribution in [-0.2, 0) is 4.74 Å². The molecule has 2 fully saturated rings. The lowest BCUT2D eigenvalue weighted by Gasteiger charge is -2.36. The van der Waals surface area contributed by atoms with E-state index in [1.807, 2.05) is 0 Å². The molecular weight excluding hydrogens is 176 g/mol. The molecule has 0 spiro atoms. The number of ether oxygens (including phenoxy) is 1. The maximum absolute atomic E-state index is 10.4. The van der Waals surface area contributed by atoms with Crippen LogP contribution in [0.2, 0.25) is 0 Å². The Labute approximate surface area is 86.6 Å². The summed E-state index contributed by atoms with van der Waals surface area (Å²) in [4.78, 5) is 0.